The number of hydrogen-bond donors (Lipinski definition) is 0. The second-order valence-corrected chi connectivity index (χ2v) is 7.44. The number of rotatable bonds is 9. The van der Waals surface area contributed by atoms with Gasteiger partial charge in [-0.3, -0.25) is 0 Å². The molecule has 0 aromatic heterocycles. The van der Waals surface area contributed by atoms with E-state index in [4.69, 9.17) is 0 Å². The third-order valence-corrected chi connectivity index (χ3v) is 3.56. The summed E-state index contributed by atoms with van der Waals surface area (Å²) in [4.78, 5) is 0. The third-order valence-electron chi connectivity index (χ3n) is 3.56. The molecule has 0 fully saturated rings. The predicted molar refractivity (Wildman–Crippen MR) is 80.4 cm³/mol. The molecule has 0 aromatic rings. The Morgan fingerprint density at radius 3 is 1.94 bits per heavy atom. The molecule has 0 heteroatoms. The summed E-state index contributed by atoms with van der Waals surface area (Å²) in [6.07, 6.45) is 11.4. The van der Waals surface area contributed by atoms with E-state index in [2.05, 4.69) is 41.5 Å². The highest BCUT2D eigenvalue weighted by Crippen LogP contribution is 2.27. The van der Waals surface area contributed by atoms with E-state index in [9.17, 15) is 0 Å². The molecule has 0 aliphatic rings. The van der Waals surface area contributed by atoms with Crippen LogP contribution >= 0.6 is 0 Å². The van der Waals surface area contributed by atoms with Gasteiger partial charge in [0.05, 0.1) is 0 Å². The molecule has 0 bridgehead atoms. The molecule has 0 aromatic carbocycles. The summed E-state index contributed by atoms with van der Waals surface area (Å²) in [5, 5.41) is 0. The Bertz CT molecular complexity index is 161. The minimum atomic E-state index is 0.525. The number of hydrogen-bond acceptors (Lipinski definition) is 0. The van der Waals surface area contributed by atoms with Crippen molar-refractivity contribution in [3.8, 4) is 0 Å². The summed E-state index contributed by atoms with van der Waals surface area (Å²) >= 11 is 0. The molecule has 0 aliphatic heterocycles. The average molecular weight is 240 g/mol. The van der Waals surface area contributed by atoms with Gasteiger partial charge in [-0.05, 0) is 30.1 Å². The van der Waals surface area contributed by atoms with Crippen molar-refractivity contribution in [3.63, 3.8) is 0 Å². The summed E-state index contributed by atoms with van der Waals surface area (Å²) in [6, 6.07) is 0. The minimum Gasteiger partial charge on any atom is -0.0654 e. The van der Waals surface area contributed by atoms with Gasteiger partial charge in [0.1, 0.15) is 0 Å². The lowest BCUT2D eigenvalue weighted by molar-refractivity contribution is 0.317. The van der Waals surface area contributed by atoms with E-state index in [0.29, 0.717) is 5.41 Å². The van der Waals surface area contributed by atoms with Crippen molar-refractivity contribution in [2.24, 2.45) is 17.3 Å². The first-order chi connectivity index (χ1) is 7.85. The lowest BCUT2D eigenvalue weighted by Gasteiger charge is -2.21. The summed E-state index contributed by atoms with van der Waals surface area (Å²) in [5.41, 5.74) is 0.525. The zero-order valence-electron chi connectivity index (χ0n) is 13.3. The van der Waals surface area contributed by atoms with Crippen molar-refractivity contribution < 1.29 is 0 Å². The zero-order chi connectivity index (χ0) is 13.3. The molecule has 0 N–H and O–H groups in total. The Morgan fingerprint density at radius 1 is 0.882 bits per heavy atom. The lowest BCUT2D eigenvalue weighted by Crippen LogP contribution is -2.07. The molecule has 0 rings (SSSR count). The van der Waals surface area contributed by atoms with Crippen molar-refractivity contribution in [3.05, 3.63) is 0 Å². The van der Waals surface area contributed by atoms with Crippen molar-refractivity contribution in [1.29, 1.82) is 0 Å². The van der Waals surface area contributed by atoms with Crippen LogP contribution < -0.4 is 0 Å². The fourth-order valence-electron chi connectivity index (χ4n) is 2.63. The molecular formula is C17H36. The first-order valence-electron chi connectivity index (χ1n) is 7.85. The number of unbranched alkanes of at least 4 members (excludes halogenated alkanes) is 2. The molecule has 1 atom stereocenters. The van der Waals surface area contributed by atoms with Crippen LogP contribution in [0.25, 0.3) is 0 Å². The molecule has 0 heterocycles. The van der Waals surface area contributed by atoms with Crippen molar-refractivity contribution in [2.75, 3.05) is 0 Å². The molecule has 0 aliphatic carbocycles. The van der Waals surface area contributed by atoms with E-state index < -0.39 is 0 Å². The standard InChI is InChI=1S/C17H36/c1-7-8-11-16(14-15(2)3)12-9-10-13-17(4,5)6/h15-16H,7-14H2,1-6H3. The maximum atomic E-state index is 2.37. The topological polar surface area (TPSA) is 0 Å². The molecule has 1 unspecified atom stereocenters. The summed E-state index contributed by atoms with van der Waals surface area (Å²) in [5.74, 6) is 1.87. The Kier molecular flexibility index (Phi) is 9.00. The molecule has 0 saturated heterocycles. The van der Waals surface area contributed by atoms with Crippen LogP contribution in [0.4, 0.5) is 0 Å². The summed E-state index contributed by atoms with van der Waals surface area (Å²) in [6.45, 7) is 14.1. The SMILES string of the molecule is CCCCC(CCCCC(C)(C)C)CC(C)C. The van der Waals surface area contributed by atoms with Crippen LogP contribution in [0.1, 0.15) is 92.9 Å². The van der Waals surface area contributed by atoms with Crippen molar-refractivity contribution >= 4 is 0 Å². The van der Waals surface area contributed by atoms with Crippen LogP contribution in [0, 0.1) is 17.3 Å². The van der Waals surface area contributed by atoms with Gasteiger partial charge < -0.3 is 0 Å². The van der Waals surface area contributed by atoms with Crippen LogP contribution in [-0.4, -0.2) is 0 Å². The second-order valence-electron chi connectivity index (χ2n) is 7.44. The van der Waals surface area contributed by atoms with E-state index in [0.717, 1.165) is 11.8 Å². The van der Waals surface area contributed by atoms with Gasteiger partial charge >= 0.3 is 0 Å². The van der Waals surface area contributed by atoms with Gasteiger partial charge in [0.25, 0.3) is 0 Å². The maximum Gasteiger partial charge on any atom is -0.0383 e. The minimum absolute atomic E-state index is 0.525. The van der Waals surface area contributed by atoms with Crippen molar-refractivity contribution in [1.82, 2.24) is 0 Å². The predicted octanol–water partition coefficient (Wildman–Crippen LogP) is 6.45. The fourth-order valence-corrected chi connectivity index (χ4v) is 2.63. The van der Waals surface area contributed by atoms with Gasteiger partial charge in [-0.1, -0.05) is 80.1 Å². The summed E-state index contributed by atoms with van der Waals surface area (Å²) in [7, 11) is 0. The van der Waals surface area contributed by atoms with Gasteiger partial charge in [0, 0.05) is 0 Å². The van der Waals surface area contributed by atoms with Crippen LogP contribution in [-0.2, 0) is 0 Å². The second kappa shape index (κ2) is 9.00. The van der Waals surface area contributed by atoms with E-state index in [-0.39, 0.29) is 0 Å². The largest absolute Gasteiger partial charge is 0.0654 e. The molecule has 0 amide bonds. The first-order valence-corrected chi connectivity index (χ1v) is 7.85. The van der Waals surface area contributed by atoms with Gasteiger partial charge in [-0.25, -0.2) is 0 Å². The van der Waals surface area contributed by atoms with Gasteiger partial charge in [0.15, 0.2) is 0 Å². The van der Waals surface area contributed by atoms with E-state index in [1.165, 1.54) is 51.4 Å². The molecule has 0 saturated carbocycles. The zero-order valence-corrected chi connectivity index (χ0v) is 13.3. The quantitative estimate of drug-likeness (QED) is 0.406. The van der Waals surface area contributed by atoms with Crippen LogP contribution in [0.3, 0.4) is 0 Å². The van der Waals surface area contributed by atoms with Crippen LogP contribution in [0.2, 0.25) is 0 Å². The molecule has 0 radical (unpaired) electrons. The Balaban J connectivity index is 3.75. The highest BCUT2D eigenvalue weighted by molar-refractivity contribution is 4.65. The first kappa shape index (κ1) is 17.0. The molecule has 104 valence electrons. The van der Waals surface area contributed by atoms with Gasteiger partial charge in [-0.15, -0.1) is 0 Å². The van der Waals surface area contributed by atoms with Gasteiger partial charge in [-0.2, -0.15) is 0 Å². The Hall–Kier alpha value is 0. The van der Waals surface area contributed by atoms with Gasteiger partial charge in [0.2, 0.25) is 0 Å². The maximum absolute atomic E-state index is 2.37. The third kappa shape index (κ3) is 12.2. The highest BCUT2D eigenvalue weighted by atomic mass is 14.2. The fraction of sp³-hybridized carbons (Fsp3) is 1.00. The van der Waals surface area contributed by atoms with E-state index in [1.807, 2.05) is 0 Å². The molecule has 0 nitrogen and oxygen atoms in total. The summed E-state index contributed by atoms with van der Waals surface area (Å²) < 4.78 is 0. The normalized spacial score (nSPS) is 14.3. The van der Waals surface area contributed by atoms with E-state index in [1.54, 1.807) is 0 Å². The molecular weight excluding hydrogens is 204 g/mol. The van der Waals surface area contributed by atoms with E-state index >= 15 is 0 Å². The highest BCUT2D eigenvalue weighted by Gasteiger charge is 2.12. The van der Waals surface area contributed by atoms with Crippen molar-refractivity contribution in [2.45, 2.75) is 92.9 Å². The Labute approximate surface area is 111 Å². The smallest absolute Gasteiger partial charge is 0.0383 e. The average Bonchev–Trinajstić information content (AvgIpc) is 2.18. The molecule has 0 spiro atoms. The Morgan fingerprint density at radius 2 is 1.47 bits per heavy atom. The monoisotopic (exact) mass is 240 g/mol. The lowest BCUT2D eigenvalue weighted by atomic mass is 9.85. The van der Waals surface area contributed by atoms with Crippen LogP contribution in [0.15, 0.2) is 0 Å². The molecule has 17 heavy (non-hydrogen) atoms. The van der Waals surface area contributed by atoms with Crippen LogP contribution in [0.5, 0.6) is 0 Å².